The van der Waals surface area contributed by atoms with E-state index in [9.17, 15) is 4.79 Å². The number of nitrogens with one attached hydrogen (secondary N) is 2. The maximum Gasteiger partial charge on any atom is 0.355 e. The van der Waals surface area contributed by atoms with E-state index in [0.29, 0.717) is 0 Å². The molecule has 0 atom stereocenters. The molecule has 2 aliphatic heterocycles. The summed E-state index contributed by atoms with van der Waals surface area (Å²) in [6, 6.07) is 19.9. The van der Waals surface area contributed by atoms with Gasteiger partial charge in [-0.1, -0.05) is 113 Å². The van der Waals surface area contributed by atoms with Crippen LogP contribution in [-0.4, -0.2) is 66.5 Å². The zero-order valence-corrected chi connectivity index (χ0v) is 27.3. The van der Waals surface area contributed by atoms with Crippen LogP contribution in [0.15, 0.2) is 83.0 Å². The number of urea groups is 1. The Labute approximate surface area is 265 Å². The van der Waals surface area contributed by atoms with Crippen molar-refractivity contribution in [2.24, 2.45) is 21.0 Å². The first-order valence-corrected chi connectivity index (χ1v) is 16.3. The van der Waals surface area contributed by atoms with Gasteiger partial charge in [-0.2, -0.15) is 10.2 Å². The van der Waals surface area contributed by atoms with Crippen molar-refractivity contribution in [3.8, 4) is 0 Å². The van der Waals surface area contributed by atoms with Gasteiger partial charge in [0.05, 0.1) is 11.4 Å². The minimum absolute atomic E-state index is 0.265. The second-order valence-corrected chi connectivity index (χ2v) is 13.5. The van der Waals surface area contributed by atoms with Crippen molar-refractivity contribution in [2.45, 2.75) is 66.2 Å². The Morgan fingerprint density at radius 3 is 1.36 bits per heavy atom. The summed E-state index contributed by atoms with van der Waals surface area (Å²) in [5.74, 6) is 0. The fourth-order valence-electron chi connectivity index (χ4n) is 6.07. The first kappa shape index (κ1) is 33.3. The summed E-state index contributed by atoms with van der Waals surface area (Å²) in [7, 11) is 0. The monoisotopic (exact) mass is 596 g/mol. The SMILES string of the molecule is CC(C)(CN1CCCCC1)C(/C=C/c1ccccc1)=N\NC(=O)N/N=C(/C=C/c1ccccc1)C(C)(C)CN1CCCCC1. The first-order valence-electron chi connectivity index (χ1n) is 16.3. The van der Waals surface area contributed by atoms with Crippen molar-refractivity contribution >= 4 is 29.6 Å². The normalized spacial score (nSPS) is 18.2. The van der Waals surface area contributed by atoms with Crippen LogP contribution < -0.4 is 10.9 Å². The van der Waals surface area contributed by atoms with Crippen LogP contribution >= 0.6 is 0 Å². The molecule has 2 amide bonds. The van der Waals surface area contributed by atoms with E-state index < -0.39 is 6.03 Å². The Balaban J connectivity index is 1.51. The van der Waals surface area contributed by atoms with E-state index >= 15 is 0 Å². The first-order chi connectivity index (χ1) is 21.2. The van der Waals surface area contributed by atoms with Crippen molar-refractivity contribution in [3.05, 3.63) is 83.9 Å². The summed E-state index contributed by atoms with van der Waals surface area (Å²) in [6.07, 6.45) is 15.7. The zero-order chi connectivity index (χ0) is 31.3. The van der Waals surface area contributed by atoms with Gasteiger partial charge < -0.3 is 9.80 Å². The summed E-state index contributed by atoms with van der Waals surface area (Å²) in [4.78, 5) is 18.1. The number of rotatable bonds is 12. The van der Waals surface area contributed by atoms with Crippen LogP contribution in [0.25, 0.3) is 12.2 Å². The lowest BCUT2D eigenvalue weighted by Gasteiger charge is -2.35. The predicted octanol–water partition coefficient (Wildman–Crippen LogP) is 7.45. The summed E-state index contributed by atoms with van der Waals surface area (Å²) in [5, 5.41) is 9.30. The molecular formula is C37H52N6O. The van der Waals surface area contributed by atoms with Gasteiger partial charge in [-0.25, -0.2) is 15.6 Å². The average molecular weight is 597 g/mol. The van der Waals surface area contributed by atoms with Gasteiger partial charge >= 0.3 is 6.03 Å². The second-order valence-electron chi connectivity index (χ2n) is 13.5. The highest BCUT2D eigenvalue weighted by molar-refractivity contribution is 6.03. The number of carbonyl (C=O) groups excluding carboxylic acids is 1. The van der Waals surface area contributed by atoms with Crippen molar-refractivity contribution in [3.63, 3.8) is 0 Å². The topological polar surface area (TPSA) is 72.3 Å². The Bertz CT molecular complexity index is 1180. The summed E-state index contributed by atoms with van der Waals surface area (Å²) in [5.41, 5.74) is 8.80. The largest absolute Gasteiger partial charge is 0.355 e. The molecule has 0 bridgehead atoms. The number of hydrogen-bond acceptors (Lipinski definition) is 5. The standard InChI is InChI=1S/C37H52N6O/c1-36(2,29-42-25-13-7-14-26-42)33(23-21-31-17-9-5-10-18-31)38-40-35(44)41-39-34(24-22-32-19-11-6-12-20-32)37(3,4)30-43-27-15-8-16-28-43/h5-6,9-12,17-24H,7-8,13-16,25-30H2,1-4H3,(H2,40,41,44)/b23-21+,24-22+,38-33-,39-34-. The molecule has 0 unspecified atom stereocenters. The van der Waals surface area contributed by atoms with Gasteiger partial charge in [0, 0.05) is 23.9 Å². The molecule has 4 rings (SSSR count). The van der Waals surface area contributed by atoms with Crippen molar-refractivity contribution in [1.29, 1.82) is 0 Å². The number of nitrogens with zero attached hydrogens (tertiary/aromatic N) is 4. The number of hydrazone groups is 2. The molecular weight excluding hydrogens is 544 g/mol. The van der Waals surface area contributed by atoms with Gasteiger partial charge in [-0.15, -0.1) is 0 Å². The molecule has 0 saturated carbocycles. The second kappa shape index (κ2) is 16.5. The molecule has 2 aliphatic rings. The molecule has 2 aromatic carbocycles. The molecule has 2 heterocycles. The zero-order valence-electron chi connectivity index (χ0n) is 27.3. The molecule has 0 radical (unpaired) electrons. The maximum atomic E-state index is 13.1. The molecule has 44 heavy (non-hydrogen) atoms. The Kier molecular flexibility index (Phi) is 12.5. The van der Waals surface area contributed by atoms with E-state index in [1.807, 2.05) is 48.6 Å². The summed E-state index contributed by atoms with van der Waals surface area (Å²) < 4.78 is 0. The highest BCUT2D eigenvalue weighted by Gasteiger charge is 2.29. The highest BCUT2D eigenvalue weighted by Crippen LogP contribution is 2.25. The molecule has 0 aliphatic carbocycles. The van der Waals surface area contributed by atoms with Gasteiger partial charge in [0.25, 0.3) is 0 Å². The molecule has 7 heteroatoms. The number of hydrogen-bond donors (Lipinski definition) is 2. The fourth-order valence-corrected chi connectivity index (χ4v) is 6.07. The van der Waals surface area contributed by atoms with E-state index in [-0.39, 0.29) is 10.8 Å². The minimum Gasteiger partial charge on any atom is -0.302 e. The number of likely N-dealkylation sites (tertiary alicyclic amines) is 2. The van der Waals surface area contributed by atoms with Crippen molar-refractivity contribution < 1.29 is 4.79 Å². The van der Waals surface area contributed by atoms with Crippen LogP contribution in [0.2, 0.25) is 0 Å². The molecule has 2 fully saturated rings. The minimum atomic E-state index is -0.455. The van der Waals surface area contributed by atoms with E-state index in [0.717, 1.165) is 61.8 Å². The number of piperidine rings is 2. The summed E-state index contributed by atoms with van der Waals surface area (Å²) in [6.45, 7) is 15.0. The summed E-state index contributed by atoms with van der Waals surface area (Å²) >= 11 is 0. The molecule has 0 aromatic heterocycles. The third kappa shape index (κ3) is 10.9. The van der Waals surface area contributed by atoms with Gasteiger partial charge in [0.1, 0.15) is 0 Å². The lowest BCUT2D eigenvalue weighted by Crippen LogP contribution is -2.43. The van der Waals surface area contributed by atoms with Crippen LogP contribution in [0, 0.1) is 10.8 Å². The molecule has 2 aromatic rings. The van der Waals surface area contributed by atoms with Gasteiger partial charge in [-0.3, -0.25) is 0 Å². The molecule has 236 valence electrons. The third-order valence-electron chi connectivity index (χ3n) is 8.54. The van der Waals surface area contributed by atoms with Crippen molar-refractivity contribution in [2.75, 3.05) is 39.3 Å². The van der Waals surface area contributed by atoms with E-state index in [2.05, 4.69) is 95.0 Å². The van der Waals surface area contributed by atoms with Gasteiger partial charge in [0.15, 0.2) is 0 Å². The highest BCUT2D eigenvalue weighted by atomic mass is 16.2. The molecule has 2 N–H and O–H groups in total. The number of amides is 2. The van der Waals surface area contributed by atoms with Crippen LogP contribution in [0.1, 0.15) is 77.3 Å². The molecule has 0 spiro atoms. The number of benzene rings is 2. The third-order valence-corrected chi connectivity index (χ3v) is 8.54. The Morgan fingerprint density at radius 1 is 0.636 bits per heavy atom. The average Bonchev–Trinajstić information content (AvgIpc) is 3.02. The van der Waals surface area contributed by atoms with Crippen LogP contribution in [0.5, 0.6) is 0 Å². The molecule has 2 saturated heterocycles. The van der Waals surface area contributed by atoms with Crippen LogP contribution in [0.3, 0.4) is 0 Å². The van der Waals surface area contributed by atoms with Gasteiger partial charge in [-0.05, 0) is 75.1 Å². The van der Waals surface area contributed by atoms with E-state index in [1.165, 1.54) is 38.5 Å². The maximum absolute atomic E-state index is 13.1. The number of allylic oxidation sites excluding steroid dienone is 2. The van der Waals surface area contributed by atoms with E-state index in [1.54, 1.807) is 0 Å². The Morgan fingerprint density at radius 2 is 1.00 bits per heavy atom. The van der Waals surface area contributed by atoms with Crippen LogP contribution in [0.4, 0.5) is 4.79 Å². The predicted molar refractivity (Wildman–Crippen MR) is 186 cm³/mol. The lowest BCUT2D eigenvalue weighted by atomic mass is 9.85. The van der Waals surface area contributed by atoms with Crippen LogP contribution in [-0.2, 0) is 0 Å². The van der Waals surface area contributed by atoms with Gasteiger partial charge in [0.2, 0.25) is 0 Å². The quantitative estimate of drug-likeness (QED) is 0.198. The van der Waals surface area contributed by atoms with E-state index in [4.69, 9.17) is 0 Å². The Hall–Kier alpha value is -3.55. The smallest absolute Gasteiger partial charge is 0.302 e. The fraction of sp³-hybridized carbons (Fsp3) is 0.486. The number of carbonyl (C=O) groups is 1. The van der Waals surface area contributed by atoms with Crippen molar-refractivity contribution in [1.82, 2.24) is 20.7 Å². The molecule has 7 nitrogen and oxygen atoms in total. The lowest BCUT2D eigenvalue weighted by molar-refractivity contribution is 0.186.